The van der Waals surface area contributed by atoms with Crippen molar-refractivity contribution < 1.29 is 63.0 Å². The van der Waals surface area contributed by atoms with Crippen molar-refractivity contribution in [2.24, 2.45) is 0 Å². The van der Waals surface area contributed by atoms with E-state index in [-0.39, 0.29) is 23.8 Å². The number of methoxy groups -OCH3 is 1. The molecular formula is C34H35NO13. The Bertz CT molecular complexity index is 1690. The van der Waals surface area contributed by atoms with Gasteiger partial charge in [0.05, 0.1) is 37.4 Å². The molecule has 0 amide bonds. The summed E-state index contributed by atoms with van der Waals surface area (Å²) in [5.41, 5.74) is -0.0260. The van der Waals surface area contributed by atoms with Crippen molar-refractivity contribution in [3.05, 3.63) is 71.0 Å². The van der Waals surface area contributed by atoms with Gasteiger partial charge >= 0.3 is 29.8 Å². The smallest absolute Gasteiger partial charge is 0.353 e. The molecule has 3 N–H and O–H groups in total. The minimum Gasteiger partial charge on any atom is -0.493 e. The number of hydrogen-bond donors (Lipinski definition) is 3. The first-order chi connectivity index (χ1) is 22.9. The second-order valence-electron chi connectivity index (χ2n) is 12.4. The first-order valence-electron chi connectivity index (χ1n) is 15.5. The Kier molecular flexibility index (Phi) is 8.64. The summed E-state index contributed by atoms with van der Waals surface area (Å²) in [4.78, 5) is 63.6. The van der Waals surface area contributed by atoms with Crippen molar-refractivity contribution in [2.75, 3.05) is 20.7 Å². The number of ether oxygens (including phenoxy) is 5. The quantitative estimate of drug-likeness (QED) is 0.220. The number of esters is 3. The molecule has 2 aromatic carbocycles. The first-order valence-corrected chi connectivity index (χ1v) is 15.5. The van der Waals surface area contributed by atoms with Crippen molar-refractivity contribution in [2.45, 2.75) is 73.9 Å². The number of likely N-dealkylation sites (N-methyl/N-ethyl adjacent to an activating group) is 1. The highest BCUT2D eigenvalue weighted by Crippen LogP contribution is 2.65. The lowest BCUT2D eigenvalue weighted by atomic mass is 9.50. The fourth-order valence-electron chi connectivity index (χ4n) is 7.58. The van der Waals surface area contributed by atoms with E-state index in [4.69, 9.17) is 28.8 Å². The standard InChI is InChI=1S/C34H35NO13/c1-35-15-14-33-27-19-8-9-20(44-2)29(27)48-30(33)21(12-13-34(33,43)23(35)16-19)45-25(38)10-11-26(39)47-28(18-6-4-3-5-7-18)32(42)46-22(31(40)41)17-24(36)37/h3-9,12,22-23,28,30,43H,10-11,13-17H2,1-2H3,(H,36,37)(H,40,41)/t22-,23+,28+,30-,33-,34+/m1/s1. The number of benzene rings is 2. The summed E-state index contributed by atoms with van der Waals surface area (Å²) in [5, 5.41) is 30.6. The minimum atomic E-state index is -2.01. The molecule has 2 aromatic rings. The van der Waals surface area contributed by atoms with E-state index >= 15 is 0 Å². The normalized spacial score (nSPS) is 26.1. The molecule has 1 saturated heterocycles. The van der Waals surface area contributed by atoms with Gasteiger partial charge in [-0.25, -0.2) is 9.59 Å². The monoisotopic (exact) mass is 665 g/mol. The maximum absolute atomic E-state index is 13.1. The van der Waals surface area contributed by atoms with Gasteiger partial charge in [-0.05, 0) is 44.1 Å². The van der Waals surface area contributed by atoms with Crippen LogP contribution in [0, 0.1) is 0 Å². The molecule has 48 heavy (non-hydrogen) atoms. The van der Waals surface area contributed by atoms with Crippen LogP contribution in [-0.4, -0.2) is 94.6 Å². The number of aliphatic hydroxyl groups is 1. The van der Waals surface area contributed by atoms with Crippen molar-refractivity contribution >= 4 is 29.8 Å². The van der Waals surface area contributed by atoms with Crippen LogP contribution in [0.1, 0.15) is 54.9 Å². The molecule has 14 heteroatoms. The highest BCUT2D eigenvalue weighted by Gasteiger charge is 2.72. The highest BCUT2D eigenvalue weighted by atomic mass is 16.6. The lowest BCUT2D eigenvalue weighted by molar-refractivity contribution is -0.179. The van der Waals surface area contributed by atoms with Crippen LogP contribution in [-0.2, 0) is 50.0 Å². The second-order valence-corrected chi connectivity index (χ2v) is 12.4. The average molecular weight is 666 g/mol. The summed E-state index contributed by atoms with van der Waals surface area (Å²) in [7, 11) is 3.52. The first kappa shape index (κ1) is 33.0. The molecule has 0 radical (unpaired) electrons. The summed E-state index contributed by atoms with van der Waals surface area (Å²) < 4.78 is 28.1. The minimum absolute atomic E-state index is 0.147. The zero-order valence-electron chi connectivity index (χ0n) is 26.2. The van der Waals surface area contributed by atoms with Crippen LogP contribution < -0.4 is 9.47 Å². The zero-order chi connectivity index (χ0) is 34.4. The molecule has 0 unspecified atom stereocenters. The van der Waals surface area contributed by atoms with E-state index in [2.05, 4.69) is 4.90 Å². The predicted molar refractivity (Wildman–Crippen MR) is 162 cm³/mol. The van der Waals surface area contributed by atoms with Gasteiger partial charge in [-0.2, -0.15) is 0 Å². The highest BCUT2D eigenvalue weighted by molar-refractivity contribution is 5.86. The van der Waals surface area contributed by atoms with Crippen LogP contribution in [0.4, 0.5) is 0 Å². The summed E-state index contributed by atoms with van der Waals surface area (Å²) in [6, 6.07) is 11.2. The molecule has 0 saturated carbocycles. The number of carboxylic acids is 2. The Balaban J connectivity index is 1.16. The number of piperidine rings is 1. The molecule has 4 aliphatic rings. The van der Waals surface area contributed by atoms with Gasteiger partial charge in [-0.3, -0.25) is 14.4 Å². The third-order valence-corrected chi connectivity index (χ3v) is 9.78. The number of carbonyl (C=O) groups is 5. The number of carboxylic acid groups (broad SMARTS) is 2. The van der Waals surface area contributed by atoms with Crippen molar-refractivity contribution in [3.8, 4) is 11.5 Å². The average Bonchev–Trinajstić information content (AvgIpc) is 3.41. The summed E-state index contributed by atoms with van der Waals surface area (Å²) in [6.07, 6.45) is -3.47. The lowest BCUT2D eigenvalue weighted by Crippen LogP contribution is -2.74. The topological polar surface area (TPSA) is 195 Å². The van der Waals surface area contributed by atoms with Gasteiger partial charge in [-0.1, -0.05) is 36.4 Å². The number of hydrogen-bond acceptors (Lipinski definition) is 12. The maximum atomic E-state index is 13.1. The molecule has 1 spiro atoms. The van der Waals surface area contributed by atoms with Crippen LogP contribution in [0.25, 0.3) is 0 Å². The largest absolute Gasteiger partial charge is 0.493 e. The summed E-state index contributed by atoms with van der Waals surface area (Å²) >= 11 is 0. The van der Waals surface area contributed by atoms with Crippen LogP contribution in [0.5, 0.6) is 11.5 Å². The van der Waals surface area contributed by atoms with E-state index in [9.17, 15) is 34.2 Å². The molecule has 1 fully saturated rings. The number of nitrogens with zero attached hydrogens (tertiary/aromatic N) is 1. The van der Waals surface area contributed by atoms with Crippen LogP contribution in [0.15, 0.2) is 54.3 Å². The van der Waals surface area contributed by atoms with Gasteiger partial charge in [-0.15, -0.1) is 0 Å². The van der Waals surface area contributed by atoms with Crippen molar-refractivity contribution in [1.29, 1.82) is 0 Å². The Morgan fingerprint density at radius 2 is 1.75 bits per heavy atom. The number of rotatable bonds is 12. The van der Waals surface area contributed by atoms with Crippen molar-refractivity contribution in [1.82, 2.24) is 4.90 Å². The Labute approximate surface area is 274 Å². The SMILES string of the molecule is COc1ccc2c3c1O[C@@H]1C(OC(=O)CCC(=O)O[C@H](C(=O)O[C@H](CC(=O)O)C(=O)O)c4ccccc4)=CC[C@]4(O)[C@H](C2)N(C)CC[C@@]314. The van der Waals surface area contributed by atoms with Gasteiger partial charge in [0.25, 0.3) is 0 Å². The van der Waals surface area contributed by atoms with E-state index in [0.717, 1.165) is 11.1 Å². The fourth-order valence-corrected chi connectivity index (χ4v) is 7.58. The van der Waals surface area contributed by atoms with E-state index in [1.807, 2.05) is 19.2 Å². The van der Waals surface area contributed by atoms with Gasteiger partial charge in [0.2, 0.25) is 12.2 Å². The van der Waals surface area contributed by atoms with E-state index in [1.54, 1.807) is 24.3 Å². The Morgan fingerprint density at radius 3 is 2.44 bits per heavy atom. The van der Waals surface area contributed by atoms with Crippen LogP contribution in [0.2, 0.25) is 0 Å². The second kappa shape index (κ2) is 12.6. The van der Waals surface area contributed by atoms with Gasteiger partial charge < -0.3 is 43.9 Å². The third kappa shape index (κ3) is 5.44. The van der Waals surface area contributed by atoms with Crippen molar-refractivity contribution in [3.63, 3.8) is 0 Å². The number of carbonyl (C=O) groups excluding carboxylic acids is 3. The summed E-state index contributed by atoms with van der Waals surface area (Å²) in [6.45, 7) is 0.685. The molecule has 14 nitrogen and oxygen atoms in total. The number of aliphatic carboxylic acids is 2. The van der Waals surface area contributed by atoms with Gasteiger partial charge in [0.15, 0.2) is 17.6 Å². The third-order valence-electron chi connectivity index (χ3n) is 9.78. The molecule has 2 bridgehead atoms. The summed E-state index contributed by atoms with van der Waals surface area (Å²) in [5.74, 6) is -5.01. The maximum Gasteiger partial charge on any atom is 0.353 e. The molecule has 6 atom stereocenters. The molecule has 2 aliphatic carbocycles. The fraction of sp³-hybridized carbons (Fsp3) is 0.441. The Hall–Kier alpha value is -4.95. The molecule has 254 valence electrons. The van der Waals surface area contributed by atoms with E-state index < -0.39 is 78.4 Å². The predicted octanol–water partition coefficient (Wildman–Crippen LogP) is 2.05. The lowest BCUT2D eigenvalue weighted by Gasteiger charge is -2.61. The zero-order valence-corrected chi connectivity index (χ0v) is 26.2. The number of likely N-dealkylation sites (tertiary alicyclic amines) is 1. The van der Waals surface area contributed by atoms with E-state index in [0.29, 0.717) is 30.9 Å². The molecular weight excluding hydrogens is 630 g/mol. The molecule has 6 rings (SSSR count). The van der Waals surface area contributed by atoms with E-state index in [1.165, 1.54) is 19.2 Å². The van der Waals surface area contributed by atoms with Gasteiger partial charge in [0, 0.05) is 23.6 Å². The Morgan fingerprint density at radius 1 is 1.02 bits per heavy atom. The molecule has 2 heterocycles. The van der Waals surface area contributed by atoms with Crippen LogP contribution in [0.3, 0.4) is 0 Å². The molecule has 0 aromatic heterocycles. The van der Waals surface area contributed by atoms with Crippen LogP contribution >= 0.6 is 0 Å². The molecule has 2 aliphatic heterocycles. The van der Waals surface area contributed by atoms with Gasteiger partial charge in [0.1, 0.15) is 5.76 Å².